The molecule has 0 saturated heterocycles. The van der Waals surface area contributed by atoms with Gasteiger partial charge in [0.1, 0.15) is 5.75 Å². The lowest BCUT2D eigenvalue weighted by Gasteiger charge is -2.26. The Kier molecular flexibility index (Phi) is 6.14. The van der Waals surface area contributed by atoms with Crippen LogP contribution in [0, 0.1) is 5.92 Å². The molecule has 0 bridgehead atoms. The summed E-state index contributed by atoms with van der Waals surface area (Å²) in [6, 6.07) is 7.51. The maximum absolute atomic E-state index is 12.1. The first-order valence-electron chi connectivity index (χ1n) is 9.25. The zero-order valence-corrected chi connectivity index (χ0v) is 14.6. The standard InChI is InChI=1S/C19H27N3O3/c23-18(13-14-5-1-2-6-14)20-10-11-21-19(24)22-16-9-12-25-17-8-4-3-7-15(16)17/h3-4,7-8,14,16H,1-2,5-6,9-13H2,(H,20,23)(H2,21,22,24)/t16-/m0/s1. The average molecular weight is 345 g/mol. The summed E-state index contributed by atoms with van der Waals surface area (Å²) in [6.45, 7) is 1.48. The summed E-state index contributed by atoms with van der Waals surface area (Å²) in [5.41, 5.74) is 1.01. The highest BCUT2D eigenvalue weighted by Gasteiger charge is 2.22. The average Bonchev–Trinajstić information content (AvgIpc) is 3.12. The Morgan fingerprint density at radius 3 is 2.64 bits per heavy atom. The van der Waals surface area contributed by atoms with Crippen LogP contribution in [0.15, 0.2) is 24.3 Å². The van der Waals surface area contributed by atoms with Crippen molar-refractivity contribution >= 4 is 11.9 Å². The maximum atomic E-state index is 12.1. The third-order valence-corrected chi connectivity index (χ3v) is 4.95. The van der Waals surface area contributed by atoms with E-state index in [1.807, 2.05) is 24.3 Å². The van der Waals surface area contributed by atoms with Gasteiger partial charge in [-0.2, -0.15) is 0 Å². The minimum atomic E-state index is -0.216. The zero-order valence-electron chi connectivity index (χ0n) is 14.6. The van der Waals surface area contributed by atoms with E-state index in [9.17, 15) is 9.59 Å². The molecule has 3 amide bonds. The van der Waals surface area contributed by atoms with Crippen LogP contribution in [-0.4, -0.2) is 31.6 Å². The number of para-hydroxylation sites is 1. The molecule has 0 aromatic heterocycles. The second-order valence-corrected chi connectivity index (χ2v) is 6.83. The number of amides is 3. The molecule has 1 fully saturated rings. The predicted molar refractivity (Wildman–Crippen MR) is 95.4 cm³/mol. The normalized spacial score (nSPS) is 19.6. The Morgan fingerprint density at radius 1 is 1.04 bits per heavy atom. The molecule has 2 aliphatic rings. The summed E-state index contributed by atoms with van der Waals surface area (Å²) in [7, 11) is 0. The van der Waals surface area contributed by atoms with Gasteiger partial charge in [-0.25, -0.2) is 4.79 Å². The van der Waals surface area contributed by atoms with Crippen molar-refractivity contribution in [3.8, 4) is 5.75 Å². The van der Waals surface area contributed by atoms with Crippen molar-refractivity contribution in [2.45, 2.75) is 44.6 Å². The van der Waals surface area contributed by atoms with Gasteiger partial charge in [0.2, 0.25) is 5.91 Å². The predicted octanol–water partition coefficient (Wildman–Crippen LogP) is 2.51. The Morgan fingerprint density at radius 2 is 1.80 bits per heavy atom. The van der Waals surface area contributed by atoms with Gasteiger partial charge in [0.05, 0.1) is 12.6 Å². The van der Waals surface area contributed by atoms with Crippen LogP contribution >= 0.6 is 0 Å². The van der Waals surface area contributed by atoms with E-state index in [4.69, 9.17) is 4.74 Å². The summed E-state index contributed by atoms with van der Waals surface area (Å²) in [4.78, 5) is 23.9. The third-order valence-electron chi connectivity index (χ3n) is 4.95. The van der Waals surface area contributed by atoms with Crippen LogP contribution in [0.1, 0.15) is 50.1 Å². The van der Waals surface area contributed by atoms with Crippen LogP contribution in [0.3, 0.4) is 0 Å². The molecule has 0 unspecified atom stereocenters. The van der Waals surface area contributed by atoms with Crippen molar-refractivity contribution < 1.29 is 14.3 Å². The van der Waals surface area contributed by atoms with Crippen molar-refractivity contribution in [2.75, 3.05) is 19.7 Å². The number of hydrogen-bond donors (Lipinski definition) is 3. The molecule has 3 N–H and O–H groups in total. The molecule has 6 heteroatoms. The molecule has 1 aliphatic heterocycles. The van der Waals surface area contributed by atoms with E-state index in [1.54, 1.807) is 0 Å². The number of nitrogens with one attached hydrogen (secondary N) is 3. The Hall–Kier alpha value is -2.24. The zero-order chi connectivity index (χ0) is 17.5. The van der Waals surface area contributed by atoms with Gasteiger partial charge in [-0.15, -0.1) is 0 Å². The number of carbonyl (C=O) groups is 2. The molecular formula is C19H27N3O3. The first kappa shape index (κ1) is 17.6. The smallest absolute Gasteiger partial charge is 0.315 e. The highest BCUT2D eigenvalue weighted by molar-refractivity contribution is 5.76. The fourth-order valence-electron chi connectivity index (χ4n) is 3.63. The minimum absolute atomic E-state index is 0.0399. The molecule has 6 nitrogen and oxygen atoms in total. The van der Waals surface area contributed by atoms with Gasteiger partial charge in [0.15, 0.2) is 0 Å². The molecule has 136 valence electrons. The van der Waals surface area contributed by atoms with E-state index in [-0.39, 0.29) is 18.0 Å². The Balaban J connectivity index is 1.34. The highest BCUT2D eigenvalue weighted by Crippen LogP contribution is 2.31. The van der Waals surface area contributed by atoms with Crippen LogP contribution in [0.5, 0.6) is 5.75 Å². The van der Waals surface area contributed by atoms with Crippen LogP contribution < -0.4 is 20.7 Å². The SMILES string of the molecule is O=C(CC1CCCC1)NCCNC(=O)N[C@H]1CCOc2ccccc21. The summed E-state index contributed by atoms with van der Waals surface area (Å²) >= 11 is 0. The summed E-state index contributed by atoms with van der Waals surface area (Å²) in [5.74, 6) is 1.47. The van der Waals surface area contributed by atoms with Gasteiger partial charge >= 0.3 is 6.03 Å². The van der Waals surface area contributed by atoms with Gasteiger partial charge in [-0.05, 0) is 24.8 Å². The summed E-state index contributed by atoms with van der Waals surface area (Å²) < 4.78 is 5.60. The quantitative estimate of drug-likeness (QED) is 0.693. The number of carbonyl (C=O) groups excluding carboxylic acids is 2. The van der Waals surface area contributed by atoms with E-state index in [1.165, 1.54) is 25.7 Å². The van der Waals surface area contributed by atoms with Crippen LogP contribution in [0.4, 0.5) is 4.79 Å². The fourth-order valence-corrected chi connectivity index (χ4v) is 3.63. The van der Waals surface area contributed by atoms with E-state index in [2.05, 4.69) is 16.0 Å². The first-order valence-corrected chi connectivity index (χ1v) is 9.25. The third kappa shape index (κ3) is 5.11. The van der Waals surface area contributed by atoms with Crippen LogP contribution in [-0.2, 0) is 4.79 Å². The minimum Gasteiger partial charge on any atom is -0.493 e. The van der Waals surface area contributed by atoms with Gasteiger partial charge < -0.3 is 20.7 Å². The fraction of sp³-hybridized carbons (Fsp3) is 0.579. The summed E-state index contributed by atoms with van der Waals surface area (Å²) in [5, 5.41) is 8.67. The monoisotopic (exact) mass is 345 g/mol. The second kappa shape index (κ2) is 8.74. The largest absolute Gasteiger partial charge is 0.493 e. The molecule has 0 radical (unpaired) electrons. The van der Waals surface area contributed by atoms with Crippen molar-refractivity contribution in [1.82, 2.24) is 16.0 Å². The first-order chi connectivity index (χ1) is 12.2. The number of fused-ring (bicyclic) bond motifs is 1. The van der Waals surface area contributed by atoms with Crippen molar-refractivity contribution in [3.05, 3.63) is 29.8 Å². The lowest BCUT2D eigenvalue weighted by Crippen LogP contribution is -2.42. The second-order valence-electron chi connectivity index (χ2n) is 6.83. The molecule has 1 aromatic carbocycles. The van der Waals surface area contributed by atoms with Crippen molar-refractivity contribution in [2.24, 2.45) is 5.92 Å². The van der Waals surface area contributed by atoms with E-state index in [0.29, 0.717) is 32.0 Å². The van der Waals surface area contributed by atoms with Crippen LogP contribution in [0.25, 0.3) is 0 Å². The van der Waals surface area contributed by atoms with Gasteiger partial charge in [-0.3, -0.25) is 4.79 Å². The molecule has 1 heterocycles. The van der Waals surface area contributed by atoms with E-state index < -0.39 is 0 Å². The summed E-state index contributed by atoms with van der Waals surface area (Å²) in [6.07, 6.45) is 6.19. The number of benzene rings is 1. The lowest BCUT2D eigenvalue weighted by molar-refractivity contribution is -0.121. The van der Waals surface area contributed by atoms with E-state index >= 15 is 0 Å². The maximum Gasteiger partial charge on any atom is 0.315 e. The molecule has 3 rings (SSSR count). The Bertz CT molecular complexity index is 599. The van der Waals surface area contributed by atoms with E-state index in [0.717, 1.165) is 17.7 Å². The topological polar surface area (TPSA) is 79.5 Å². The molecule has 0 spiro atoms. The van der Waals surface area contributed by atoms with Gasteiger partial charge in [-0.1, -0.05) is 31.0 Å². The molecule has 1 aliphatic carbocycles. The van der Waals surface area contributed by atoms with Gasteiger partial charge in [0, 0.05) is 31.5 Å². The molecular weight excluding hydrogens is 318 g/mol. The number of urea groups is 1. The van der Waals surface area contributed by atoms with Crippen molar-refractivity contribution in [3.63, 3.8) is 0 Å². The molecule has 1 aromatic rings. The Labute approximate surface area is 148 Å². The number of rotatable bonds is 6. The number of hydrogen-bond acceptors (Lipinski definition) is 3. The molecule has 1 atom stereocenters. The highest BCUT2D eigenvalue weighted by atomic mass is 16.5. The number of ether oxygens (including phenoxy) is 1. The van der Waals surface area contributed by atoms with Crippen molar-refractivity contribution in [1.29, 1.82) is 0 Å². The molecule has 25 heavy (non-hydrogen) atoms. The van der Waals surface area contributed by atoms with Crippen LogP contribution in [0.2, 0.25) is 0 Å². The molecule has 1 saturated carbocycles. The lowest BCUT2D eigenvalue weighted by atomic mass is 10.0. The van der Waals surface area contributed by atoms with Gasteiger partial charge in [0.25, 0.3) is 0 Å².